The molecule has 0 saturated heterocycles. The van der Waals surface area contributed by atoms with Crippen molar-refractivity contribution in [2.24, 2.45) is 0 Å². The predicted octanol–water partition coefficient (Wildman–Crippen LogP) is -1.47. The summed E-state index contributed by atoms with van der Waals surface area (Å²) in [6.07, 6.45) is 0. The number of carbonyl (C=O) groups is 2. The number of hydrogen-bond donors (Lipinski definition) is 2. The summed E-state index contributed by atoms with van der Waals surface area (Å²) in [6.45, 7) is 2.17. The Labute approximate surface area is 76.6 Å². The molecule has 11 heavy (non-hydrogen) atoms. The molecule has 0 aliphatic rings. The molecule has 0 amide bonds. The van der Waals surface area contributed by atoms with Crippen molar-refractivity contribution in [1.82, 2.24) is 0 Å². The van der Waals surface area contributed by atoms with Crippen LogP contribution >= 0.6 is 0 Å². The third-order valence-electron chi connectivity index (χ3n) is 0. The summed E-state index contributed by atoms with van der Waals surface area (Å²) >= 11 is 0. The second kappa shape index (κ2) is 22.7. The summed E-state index contributed by atoms with van der Waals surface area (Å²) in [6, 6.07) is 0. The first-order chi connectivity index (χ1) is 3.46. The van der Waals surface area contributed by atoms with E-state index in [1.54, 1.807) is 0 Å². The monoisotopic (exact) mass is 259 g/mol. The number of carboxylic acid groups (broad SMARTS) is 2. The second-order valence-electron chi connectivity index (χ2n) is 1.04. The zero-order valence-corrected chi connectivity index (χ0v) is 7.68. The van der Waals surface area contributed by atoms with Gasteiger partial charge in [0.1, 0.15) is 0 Å². The standard InChI is InChI=1S/2C2H4O2.2H2O.Rh/c2*1-2(3)4;;;/h2*1H3,(H,3,4);2*1H2;. The molecule has 0 fully saturated rings. The van der Waals surface area contributed by atoms with Gasteiger partial charge in [-0.2, -0.15) is 0 Å². The van der Waals surface area contributed by atoms with E-state index in [0.717, 1.165) is 13.8 Å². The Morgan fingerprint density at radius 3 is 0.909 bits per heavy atom. The SMILES string of the molecule is CC(=O)O.CC(=O)O.O.O.[Rh]. The molecule has 73 valence electrons. The number of carboxylic acids is 2. The normalized spacial score (nSPS) is 4.55. The van der Waals surface area contributed by atoms with Crippen molar-refractivity contribution in [3.63, 3.8) is 0 Å². The van der Waals surface area contributed by atoms with Gasteiger partial charge in [0.25, 0.3) is 11.9 Å². The quantitative estimate of drug-likeness (QED) is 0.512. The van der Waals surface area contributed by atoms with Crippen LogP contribution in [0.5, 0.6) is 0 Å². The number of aliphatic carboxylic acids is 2. The molecule has 1 radical (unpaired) electrons. The van der Waals surface area contributed by atoms with Crippen LogP contribution in [0.2, 0.25) is 0 Å². The van der Waals surface area contributed by atoms with E-state index in [-0.39, 0.29) is 30.4 Å². The maximum Gasteiger partial charge on any atom is 0.300 e. The summed E-state index contributed by atoms with van der Waals surface area (Å²) in [7, 11) is 0. The Morgan fingerprint density at radius 2 is 0.909 bits per heavy atom. The molecule has 6 nitrogen and oxygen atoms in total. The third kappa shape index (κ3) is 1990. The van der Waals surface area contributed by atoms with Crippen molar-refractivity contribution < 1.29 is 50.2 Å². The molecule has 0 atom stereocenters. The van der Waals surface area contributed by atoms with Gasteiger partial charge in [-0.05, 0) is 0 Å². The van der Waals surface area contributed by atoms with Gasteiger partial charge in [0.2, 0.25) is 0 Å². The predicted molar refractivity (Wildman–Crippen MR) is 33.8 cm³/mol. The van der Waals surface area contributed by atoms with E-state index < -0.39 is 11.9 Å². The average Bonchev–Trinajstić information content (AvgIpc) is 1.25. The van der Waals surface area contributed by atoms with Crippen LogP contribution in [0.25, 0.3) is 0 Å². The molecule has 0 saturated carbocycles. The van der Waals surface area contributed by atoms with Gasteiger partial charge in [-0.15, -0.1) is 0 Å². The summed E-state index contributed by atoms with van der Waals surface area (Å²) in [4.78, 5) is 18.0. The van der Waals surface area contributed by atoms with Crippen LogP contribution in [0.1, 0.15) is 13.8 Å². The van der Waals surface area contributed by atoms with E-state index in [2.05, 4.69) is 0 Å². The van der Waals surface area contributed by atoms with Gasteiger partial charge >= 0.3 is 0 Å². The summed E-state index contributed by atoms with van der Waals surface area (Å²) in [5.74, 6) is -1.67. The van der Waals surface area contributed by atoms with Crippen molar-refractivity contribution in [3.8, 4) is 0 Å². The van der Waals surface area contributed by atoms with Gasteiger partial charge in [0.15, 0.2) is 0 Å². The molecule has 0 heterocycles. The topological polar surface area (TPSA) is 138 Å². The van der Waals surface area contributed by atoms with Crippen LogP contribution in [0, 0.1) is 0 Å². The van der Waals surface area contributed by atoms with Gasteiger partial charge in [-0.25, -0.2) is 0 Å². The fourth-order valence-corrected chi connectivity index (χ4v) is 0. The molecular weight excluding hydrogens is 247 g/mol. The van der Waals surface area contributed by atoms with Gasteiger partial charge < -0.3 is 21.2 Å². The van der Waals surface area contributed by atoms with Crippen molar-refractivity contribution in [3.05, 3.63) is 0 Å². The minimum absolute atomic E-state index is 0. The molecule has 0 aromatic heterocycles. The zero-order chi connectivity index (χ0) is 7.15. The van der Waals surface area contributed by atoms with E-state index in [0.29, 0.717) is 0 Å². The molecule has 0 bridgehead atoms. The van der Waals surface area contributed by atoms with Crippen LogP contribution < -0.4 is 0 Å². The van der Waals surface area contributed by atoms with Crippen molar-refractivity contribution in [2.75, 3.05) is 0 Å². The molecule has 6 N–H and O–H groups in total. The molecule has 0 spiro atoms. The molecule has 0 unspecified atom stereocenters. The molecular formula is C4H12O6Rh. The molecule has 0 aromatic rings. The molecule has 0 rings (SSSR count). The molecule has 0 aliphatic carbocycles. The zero-order valence-electron chi connectivity index (χ0n) is 6.04. The minimum Gasteiger partial charge on any atom is -0.481 e. The van der Waals surface area contributed by atoms with Crippen LogP contribution in [-0.4, -0.2) is 33.1 Å². The first-order valence-corrected chi connectivity index (χ1v) is 1.86. The fraction of sp³-hybridized carbons (Fsp3) is 0.500. The summed E-state index contributed by atoms with van der Waals surface area (Å²) in [5, 5.41) is 14.8. The Balaban J connectivity index is -0.0000000171. The number of hydrogen-bond acceptors (Lipinski definition) is 2. The van der Waals surface area contributed by atoms with Gasteiger partial charge in [-0.3, -0.25) is 9.59 Å². The van der Waals surface area contributed by atoms with E-state index >= 15 is 0 Å². The third-order valence-corrected chi connectivity index (χ3v) is 0. The van der Waals surface area contributed by atoms with Crippen molar-refractivity contribution >= 4 is 11.9 Å². The first-order valence-electron chi connectivity index (χ1n) is 1.86. The van der Waals surface area contributed by atoms with E-state index in [4.69, 9.17) is 19.8 Å². The Bertz CT molecular complexity index is 72.6. The summed E-state index contributed by atoms with van der Waals surface area (Å²) < 4.78 is 0. The Morgan fingerprint density at radius 1 is 0.909 bits per heavy atom. The Kier molecular flexibility index (Phi) is 64.7. The molecule has 7 heteroatoms. The average molecular weight is 259 g/mol. The van der Waals surface area contributed by atoms with Crippen molar-refractivity contribution in [2.45, 2.75) is 13.8 Å². The van der Waals surface area contributed by atoms with E-state index in [1.807, 2.05) is 0 Å². The second-order valence-corrected chi connectivity index (χ2v) is 1.04. The van der Waals surface area contributed by atoms with Crippen molar-refractivity contribution in [1.29, 1.82) is 0 Å². The van der Waals surface area contributed by atoms with Crippen LogP contribution in [0.4, 0.5) is 0 Å². The van der Waals surface area contributed by atoms with Crippen LogP contribution in [-0.2, 0) is 29.1 Å². The largest absolute Gasteiger partial charge is 0.481 e. The first kappa shape index (κ1) is 31.4. The van der Waals surface area contributed by atoms with Gasteiger partial charge in [-0.1, -0.05) is 0 Å². The van der Waals surface area contributed by atoms with E-state index in [9.17, 15) is 0 Å². The smallest absolute Gasteiger partial charge is 0.300 e. The van der Waals surface area contributed by atoms with Gasteiger partial charge in [0.05, 0.1) is 0 Å². The molecule has 0 aliphatic heterocycles. The summed E-state index contributed by atoms with van der Waals surface area (Å²) in [5.41, 5.74) is 0. The minimum atomic E-state index is -0.833. The maximum absolute atomic E-state index is 9.00. The molecule has 0 aromatic carbocycles. The maximum atomic E-state index is 9.00. The Hall–Kier alpha value is -0.517. The van der Waals surface area contributed by atoms with E-state index in [1.165, 1.54) is 0 Å². The number of rotatable bonds is 0. The van der Waals surface area contributed by atoms with Crippen LogP contribution in [0.3, 0.4) is 0 Å². The fourth-order valence-electron chi connectivity index (χ4n) is 0. The van der Waals surface area contributed by atoms with Gasteiger partial charge in [0, 0.05) is 33.3 Å². The van der Waals surface area contributed by atoms with Crippen LogP contribution in [0.15, 0.2) is 0 Å².